The van der Waals surface area contributed by atoms with Crippen LogP contribution in [0.1, 0.15) is 21.3 Å². The van der Waals surface area contributed by atoms with Gasteiger partial charge in [0.1, 0.15) is 5.82 Å². The molecule has 0 atom stereocenters. The summed E-state index contributed by atoms with van der Waals surface area (Å²) in [4.78, 5) is 16.5. The predicted molar refractivity (Wildman–Crippen MR) is 113 cm³/mol. The number of rotatable bonds is 5. The minimum absolute atomic E-state index is 0. The van der Waals surface area contributed by atoms with E-state index in [0.717, 1.165) is 34.7 Å². The maximum Gasteiger partial charge on any atom is 0.191 e. The van der Waals surface area contributed by atoms with Gasteiger partial charge in [-0.3, -0.25) is 4.99 Å². The quantitative estimate of drug-likeness (QED) is 0.408. The van der Waals surface area contributed by atoms with Crippen LogP contribution in [0.15, 0.2) is 23.2 Å². The monoisotopic (exact) mass is 460 g/mol. The van der Waals surface area contributed by atoms with Crippen LogP contribution in [-0.4, -0.2) is 37.1 Å². The normalized spacial score (nSPS) is 11.0. The molecule has 2 aromatic heterocycles. The minimum atomic E-state index is 0. The fourth-order valence-electron chi connectivity index (χ4n) is 2.11. The average Bonchev–Trinajstić information content (AvgIpc) is 2.85. The Morgan fingerprint density at radius 1 is 1.17 bits per heavy atom. The minimum Gasteiger partial charge on any atom is -0.363 e. The zero-order valence-electron chi connectivity index (χ0n) is 14.8. The third kappa shape index (κ3) is 5.90. The molecule has 0 bridgehead atoms. The molecule has 2 heterocycles. The first-order valence-corrected chi connectivity index (χ1v) is 8.32. The molecule has 6 nitrogen and oxygen atoms in total. The van der Waals surface area contributed by atoms with Crippen molar-refractivity contribution in [1.29, 1.82) is 0 Å². The highest BCUT2D eigenvalue weighted by Gasteiger charge is 2.06. The number of nitrogens with zero attached hydrogens (tertiary/aromatic N) is 4. The van der Waals surface area contributed by atoms with Crippen molar-refractivity contribution in [2.45, 2.75) is 26.9 Å². The van der Waals surface area contributed by atoms with Crippen LogP contribution >= 0.6 is 35.3 Å². The molecule has 0 saturated heterocycles. The van der Waals surface area contributed by atoms with E-state index in [0.29, 0.717) is 6.54 Å². The fourth-order valence-corrected chi connectivity index (χ4v) is 2.99. The average molecular weight is 460 g/mol. The summed E-state index contributed by atoms with van der Waals surface area (Å²) in [6.07, 6.45) is 0. The highest BCUT2D eigenvalue weighted by atomic mass is 127. The Hall–Kier alpha value is -1.42. The molecule has 24 heavy (non-hydrogen) atoms. The zero-order valence-corrected chi connectivity index (χ0v) is 17.9. The third-order valence-corrected chi connectivity index (χ3v) is 4.40. The Bertz CT molecular complexity index is 683. The van der Waals surface area contributed by atoms with Crippen molar-refractivity contribution in [2.75, 3.05) is 26.0 Å². The number of pyridine rings is 1. The Morgan fingerprint density at radius 3 is 2.46 bits per heavy atom. The third-order valence-electron chi connectivity index (χ3n) is 3.33. The number of anilines is 1. The van der Waals surface area contributed by atoms with Crippen molar-refractivity contribution in [3.63, 3.8) is 0 Å². The Balaban J connectivity index is 0.00000288. The molecular weight excluding hydrogens is 435 g/mol. The number of aliphatic imine (C=N–C) groups is 1. The van der Waals surface area contributed by atoms with Crippen LogP contribution in [0.4, 0.5) is 5.82 Å². The van der Waals surface area contributed by atoms with Crippen LogP contribution < -0.4 is 15.5 Å². The largest absolute Gasteiger partial charge is 0.363 e. The number of aromatic nitrogens is 2. The van der Waals surface area contributed by atoms with Gasteiger partial charge in [-0.15, -0.1) is 35.3 Å². The summed E-state index contributed by atoms with van der Waals surface area (Å²) in [5, 5.41) is 7.70. The van der Waals surface area contributed by atoms with Gasteiger partial charge in [0.25, 0.3) is 0 Å². The van der Waals surface area contributed by atoms with Gasteiger partial charge >= 0.3 is 0 Å². The number of aryl methyl sites for hydroxylation is 2. The van der Waals surface area contributed by atoms with Crippen molar-refractivity contribution in [1.82, 2.24) is 20.6 Å². The highest BCUT2D eigenvalue weighted by Crippen LogP contribution is 2.16. The maximum absolute atomic E-state index is 4.59. The summed E-state index contributed by atoms with van der Waals surface area (Å²) in [7, 11) is 5.74. The number of guanidine groups is 1. The lowest BCUT2D eigenvalue weighted by atomic mass is 10.3. The first-order valence-electron chi connectivity index (χ1n) is 7.50. The molecule has 0 aliphatic carbocycles. The number of hydrogen-bond acceptors (Lipinski definition) is 5. The smallest absolute Gasteiger partial charge is 0.191 e. The van der Waals surface area contributed by atoms with E-state index in [1.54, 1.807) is 18.4 Å². The molecule has 0 fully saturated rings. The van der Waals surface area contributed by atoms with E-state index in [4.69, 9.17) is 0 Å². The van der Waals surface area contributed by atoms with E-state index in [2.05, 4.69) is 25.6 Å². The summed E-state index contributed by atoms with van der Waals surface area (Å²) in [5.41, 5.74) is 2.06. The van der Waals surface area contributed by atoms with Crippen molar-refractivity contribution in [3.05, 3.63) is 39.5 Å². The standard InChI is InChI=1S/C16H24N6S.HI/c1-11-14(23-12(2)20-11)10-19-16(17-3)18-9-13-7-6-8-15(21-13)22(4)5;/h6-8H,9-10H2,1-5H3,(H2,17,18,19);1H. The lowest BCUT2D eigenvalue weighted by Gasteiger charge is -2.14. The molecule has 2 rings (SSSR count). The molecular formula is C16H25IN6S. The van der Waals surface area contributed by atoms with Crippen LogP contribution in [0.25, 0.3) is 0 Å². The molecule has 0 aliphatic heterocycles. The Labute approximate surface area is 164 Å². The van der Waals surface area contributed by atoms with Gasteiger partial charge < -0.3 is 15.5 Å². The van der Waals surface area contributed by atoms with E-state index in [9.17, 15) is 0 Å². The summed E-state index contributed by atoms with van der Waals surface area (Å²) in [6.45, 7) is 5.41. The number of thiazole rings is 1. The van der Waals surface area contributed by atoms with Crippen LogP contribution in [-0.2, 0) is 13.1 Å². The molecule has 2 aromatic rings. The molecule has 8 heteroatoms. The van der Waals surface area contributed by atoms with Gasteiger partial charge in [-0.2, -0.15) is 0 Å². The van der Waals surface area contributed by atoms with E-state index < -0.39 is 0 Å². The molecule has 0 amide bonds. The molecule has 0 spiro atoms. The Morgan fingerprint density at radius 2 is 1.88 bits per heavy atom. The predicted octanol–water partition coefficient (Wildman–Crippen LogP) is 2.70. The fraction of sp³-hybridized carbons (Fsp3) is 0.438. The van der Waals surface area contributed by atoms with Crippen LogP contribution in [0.3, 0.4) is 0 Å². The van der Waals surface area contributed by atoms with Crippen LogP contribution in [0, 0.1) is 13.8 Å². The van der Waals surface area contributed by atoms with Crippen molar-refractivity contribution in [2.24, 2.45) is 4.99 Å². The molecule has 0 saturated carbocycles. The van der Waals surface area contributed by atoms with Gasteiger partial charge in [0.15, 0.2) is 5.96 Å². The topological polar surface area (TPSA) is 65.4 Å². The van der Waals surface area contributed by atoms with Gasteiger partial charge in [-0.05, 0) is 26.0 Å². The molecule has 0 aliphatic rings. The van der Waals surface area contributed by atoms with Gasteiger partial charge in [-0.1, -0.05) is 6.07 Å². The molecule has 2 N–H and O–H groups in total. The molecule has 132 valence electrons. The lowest BCUT2D eigenvalue weighted by Crippen LogP contribution is -2.36. The maximum atomic E-state index is 4.59. The second-order valence-corrected chi connectivity index (χ2v) is 6.69. The van der Waals surface area contributed by atoms with Gasteiger partial charge in [0, 0.05) is 26.0 Å². The first-order chi connectivity index (χ1) is 11.0. The lowest BCUT2D eigenvalue weighted by molar-refractivity contribution is 0.795. The van der Waals surface area contributed by atoms with Gasteiger partial charge in [-0.25, -0.2) is 9.97 Å². The SMILES string of the molecule is CN=C(NCc1cccc(N(C)C)n1)NCc1sc(C)nc1C.I. The van der Waals surface area contributed by atoms with Crippen molar-refractivity contribution < 1.29 is 0 Å². The second-order valence-electron chi connectivity index (χ2n) is 5.40. The van der Waals surface area contributed by atoms with Crippen molar-refractivity contribution >= 4 is 47.1 Å². The van der Waals surface area contributed by atoms with E-state index in [1.807, 2.05) is 51.0 Å². The van der Waals surface area contributed by atoms with Crippen molar-refractivity contribution in [3.8, 4) is 0 Å². The summed E-state index contributed by atoms with van der Waals surface area (Å²) in [5.74, 6) is 1.70. The van der Waals surface area contributed by atoms with E-state index in [1.165, 1.54) is 4.88 Å². The number of halogens is 1. The zero-order chi connectivity index (χ0) is 16.8. The van der Waals surface area contributed by atoms with E-state index in [-0.39, 0.29) is 24.0 Å². The molecule has 0 aromatic carbocycles. The van der Waals surface area contributed by atoms with Crippen LogP contribution in [0.2, 0.25) is 0 Å². The number of hydrogen-bond donors (Lipinski definition) is 2. The van der Waals surface area contributed by atoms with Crippen LogP contribution in [0.5, 0.6) is 0 Å². The van der Waals surface area contributed by atoms with E-state index >= 15 is 0 Å². The summed E-state index contributed by atoms with van der Waals surface area (Å²) in [6, 6.07) is 6.01. The number of nitrogens with one attached hydrogen (secondary N) is 2. The second kappa shape index (κ2) is 9.77. The molecule has 0 unspecified atom stereocenters. The van der Waals surface area contributed by atoms with Gasteiger partial charge in [0.2, 0.25) is 0 Å². The summed E-state index contributed by atoms with van der Waals surface area (Å²) >= 11 is 1.71. The molecule has 0 radical (unpaired) electrons. The Kier molecular flexibility index (Phi) is 8.40. The summed E-state index contributed by atoms with van der Waals surface area (Å²) < 4.78 is 0. The first kappa shape index (κ1) is 20.6. The van der Waals surface area contributed by atoms with Gasteiger partial charge in [0.05, 0.1) is 29.5 Å². The highest BCUT2D eigenvalue weighted by molar-refractivity contribution is 14.0.